The van der Waals surface area contributed by atoms with Crippen molar-refractivity contribution < 1.29 is 14.0 Å². The van der Waals surface area contributed by atoms with Gasteiger partial charge in [-0.1, -0.05) is 15.9 Å². The standard InChI is InChI=1S/C22H20BrN3O3/c23-17-5-3-16(4-6-17)21(27)24-18-7-9-19(10-8-18)25-11-13-26(14-12-25)22(28)20-2-1-15-29-20/h1-10,15H,11-14H2,(H,24,27). The molecular weight excluding hydrogens is 434 g/mol. The monoisotopic (exact) mass is 453 g/mol. The smallest absolute Gasteiger partial charge is 0.289 e. The molecule has 0 radical (unpaired) electrons. The van der Waals surface area contributed by atoms with E-state index in [0.29, 0.717) is 24.4 Å². The summed E-state index contributed by atoms with van der Waals surface area (Å²) in [6.45, 7) is 2.78. The number of nitrogens with zero attached hydrogens (tertiary/aromatic N) is 2. The third kappa shape index (κ3) is 4.51. The molecule has 0 bridgehead atoms. The van der Waals surface area contributed by atoms with Crippen LogP contribution in [0.15, 0.2) is 75.8 Å². The van der Waals surface area contributed by atoms with Gasteiger partial charge in [0.25, 0.3) is 11.8 Å². The highest BCUT2D eigenvalue weighted by Crippen LogP contribution is 2.21. The quantitative estimate of drug-likeness (QED) is 0.640. The summed E-state index contributed by atoms with van der Waals surface area (Å²) < 4.78 is 6.14. The molecule has 1 aromatic heterocycles. The number of furan rings is 1. The molecule has 0 atom stereocenters. The van der Waals surface area contributed by atoms with Crippen LogP contribution in [0.4, 0.5) is 11.4 Å². The van der Waals surface area contributed by atoms with Crippen molar-refractivity contribution in [3.8, 4) is 0 Å². The van der Waals surface area contributed by atoms with Gasteiger partial charge in [0.1, 0.15) is 0 Å². The van der Waals surface area contributed by atoms with Crippen LogP contribution in [0.2, 0.25) is 0 Å². The summed E-state index contributed by atoms with van der Waals surface area (Å²) in [5.74, 6) is 0.167. The fraction of sp³-hybridized carbons (Fsp3) is 0.182. The lowest BCUT2D eigenvalue weighted by Gasteiger charge is -2.35. The minimum absolute atomic E-state index is 0.0688. The highest BCUT2D eigenvalue weighted by Gasteiger charge is 2.23. The first kappa shape index (κ1) is 19.3. The van der Waals surface area contributed by atoms with E-state index in [1.54, 1.807) is 24.3 Å². The highest BCUT2D eigenvalue weighted by molar-refractivity contribution is 9.10. The first-order valence-corrected chi connectivity index (χ1v) is 10.1. The maximum absolute atomic E-state index is 12.4. The van der Waals surface area contributed by atoms with E-state index < -0.39 is 0 Å². The molecule has 2 amide bonds. The van der Waals surface area contributed by atoms with E-state index in [0.717, 1.165) is 28.9 Å². The Bertz CT molecular complexity index is 977. The van der Waals surface area contributed by atoms with Gasteiger partial charge in [-0.25, -0.2) is 0 Å². The van der Waals surface area contributed by atoms with E-state index in [2.05, 4.69) is 26.1 Å². The molecule has 1 aliphatic heterocycles. The zero-order valence-electron chi connectivity index (χ0n) is 15.7. The number of rotatable bonds is 4. The van der Waals surface area contributed by atoms with Crippen LogP contribution in [0.25, 0.3) is 0 Å². The van der Waals surface area contributed by atoms with Crippen LogP contribution in [-0.4, -0.2) is 42.9 Å². The van der Waals surface area contributed by atoms with Crippen LogP contribution in [0.1, 0.15) is 20.9 Å². The van der Waals surface area contributed by atoms with E-state index in [-0.39, 0.29) is 11.8 Å². The predicted octanol–water partition coefficient (Wildman–Crippen LogP) is 4.26. The number of carbonyl (C=O) groups excluding carboxylic acids is 2. The average molecular weight is 454 g/mol. The zero-order chi connectivity index (χ0) is 20.2. The second kappa shape index (κ2) is 8.53. The molecule has 3 aromatic rings. The first-order chi connectivity index (χ1) is 14.1. The number of amides is 2. The van der Waals surface area contributed by atoms with Crippen LogP contribution in [0.3, 0.4) is 0 Å². The van der Waals surface area contributed by atoms with E-state index >= 15 is 0 Å². The summed E-state index contributed by atoms with van der Waals surface area (Å²) >= 11 is 3.37. The fourth-order valence-electron chi connectivity index (χ4n) is 3.28. The Kier molecular flexibility index (Phi) is 5.67. The SMILES string of the molecule is O=C(Nc1ccc(N2CCN(C(=O)c3ccco3)CC2)cc1)c1ccc(Br)cc1. The third-order valence-electron chi connectivity index (χ3n) is 4.90. The molecule has 0 spiro atoms. The number of halogens is 1. The van der Waals surface area contributed by atoms with Crippen molar-refractivity contribution in [2.24, 2.45) is 0 Å². The van der Waals surface area contributed by atoms with Crippen molar-refractivity contribution in [3.05, 3.63) is 82.7 Å². The molecule has 1 fully saturated rings. The summed E-state index contributed by atoms with van der Waals surface area (Å²) in [5.41, 5.74) is 2.42. The third-order valence-corrected chi connectivity index (χ3v) is 5.42. The summed E-state index contributed by atoms with van der Waals surface area (Å²) in [7, 11) is 0. The molecule has 6 nitrogen and oxygen atoms in total. The molecule has 2 aromatic carbocycles. The van der Waals surface area contributed by atoms with Gasteiger partial charge < -0.3 is 19.5 Å². The second-order valence-corrected chi connectivity index (χ2v) is 7.68. The van der Waals surface area contributed by atoms with Gasteiger partial charge in [0.2, 0.25) is 0 Å². The molecule has 7 heteroatoms. The number of benzene rings is 2. The van der Waals surface area contributed by atoms with Gasteiger partial charge in [-0.2, -0.15) is 0 Å². The van der Waals surface area contributed by atoms with Crippen molar-refractivity contribution in [1.82, 2.24) is 4.90 Å². The predicted molar refractivity (Wildman–Crippen MR) is 115 cm³/mol. The van der Waals surface area contributed by atoms with E-state index in [9.17, 15) is 9.59 Å². The number of anilines is 2. The maximum atomic E-state index is 12.4. The van der Waals surface area contributed by atoms with Crippen LogP contribution >= 0.6 is 15.9 Å². The van der Waals surface area contributed by atoms with Crippen molar-refractivity contribution >= 4 is 39.1 Å². The Morgan fingerprint density at radius 1 is 0.897 bits per heavy atom. The van der Waals surface area contributed by atoms with Crippen molar-refractivity contribution in [2.45, 2.75) is 0 Å². The Morgan fingerprint density at radius 2 is 1.59 bits per heavy atom. The summed E-state index contributed by atoms with van der Waals surface area (Å²) in [5, 5.41) is 2.91. The molecule has 2 heterocycles. The normalized spacial score (nSPS) is 14.0. The van der Waals surface area contributed by atoms with Gasteiger partial charge >= 0.3 is 0 Å². The number of hydrogen-bond acceptors (Lipinski definition) is 4. The van der Waals surface area contributed by atoms with Crippen LogP contribution in [0.5, 0.6) is 0 Å². The molecule has 1 aliphatic rings. The Balaban J connectivity index is 1.33. The molecule has 0 unspecified atom stereocenters. The molecule has 1 N–H and O–H groups in total. The van der Waals surface area contributed by atoms with Crippen LogP contribution < -0.4 is 10.2 Å². The number of nitrogens with one attached hydrogen (secondary N) is 1. The Labute approximate surface area is 177 Å². The molecule has 148 valence electrons. The molecule has 1 saturated heterocycles. The molecule has 4 rings (SSSR count). The minimum atomic E-state index is -0.143. The number of carbonyl (C=O) groups is 2. The first-order valence-electron chi connectivity index (χ1n) is 9.35. The topological polar surface area (TPSA) is 65.8 Å². The Hall–Kier alpha value is -3.06. The number of hydrogen-bond donors (Lipinski definition) is 1. The minimum Gasteiger partial charge on any atom is -0.459 e. The Morgan fingerprint density at radius 3 is 2.21 bits per heavy atom. The van der Waals surface area contributed by atoms with E-state index in [1.807, 2.05) is 41.3 Å². The average Bonchev–Trinajstić information content (AvgIpc) is 3.29. The summed E-state index contributed by atoms with van der Waals surface area (Å²) in [4.78, 5) is 28.7. The molecule has 29 heavy (non-hydrogen) atoms. The molecular formula is C22H20BrN3O3. The molecule has 0 saturated carbocycles. The van der Waals surface area contributed by atoms with Gasteiger partial charge in [-0.3, -0.25) is 9.59 Å². The van der Waals surface area contributed by atoms with Crippen molar-refractivity contribution in [2.75, 3.05) is 36.4 Å². The van der Waals surface area contributed by atoms with Gasteiger partial charge in [0.15, 0.2) is 5.76 Å². The van der Waals surface area contributed by atoms with Crippen molar-refractivity contribution in [1.29, 1.82) is 0 Å². The maximum Gasteiger partial charge on any atom is 0.289 e. The van der Waals surface area contributed by atoms with E-state index in [1.165, 1.54) is 6.26 Å². The summed E-state index contributed by atoms with van der Waals surface area (Å²) in [6.07, 6.45) is 1.51. The lowest BCUT2D eigenvalue weighted by molar-refractivity contribution is 0.0714. The van der Waals surface area contributed by atoms with Crippen LogP contribution in [-0.2, 0) is 0 Å². The second-order valence-electron chi connectivity index (χ2n) is 6.76. The van der Waals surface area contributed by atoms with E-state index in [4.69, 9.17) is 4.42 Å². The van der Waals surface area contributed by atoms with Gasteiger partial charge in [-0.15, -0.1) is 0 Å². The largest absolute Gasteiger partial charge is 0.459 e. The van der Waals surface area contributed by atoms with Crippen molar-refractivity contribution in [3.63, 3.8) is 0 Å². The molecule has 0 aliphatic carbocycles. The van der Waals surface area contributed by atoms with Crippen LogP contribution in [0, 0.1) is 0 Å². The summed E-state index contributed by atoms with van der Waals surface area (Å²) in [6, 6.07) is 18.4. The lowest BCUT2D eigenvalue weighted by atomic mass is 10.2. The number of piperazine rings is 1. The zero-order valence-corrected chi connectivity index (χ0v) is 17.3. The highest BCUT2D eigenvalue weighted by atomic mass is 79.9. The van der Waals surface area contributed by atoms with Gasteiger partial charge in [0.05, 0.1) is 6.26 Å². The lowest BCUT2D eigenvalue weighted by Crippen LogP contribution is -2.48. The van der Waals surface area contributed by atoms with Gasteiger partial charge in [0, 0.05) is 47.6 Å². The van der Waals surface area contributed by atoms with Gasteiger partial charge in [-0.05, 0) is 60.7 Å². The fourth-order valence-corrected chi connectivity index (χ4v) is 3.55.